The molecule has 1 aromatic carbocycles. The molecule has 0 bridgehead atoms. The standard InChI is InChI=1S/C14H19NO/c1-5-10-6-11-9(2)8-14(3,4)15-12(11)7-13(10)16/h6-8,15-16H,5H2,1-4H3. The number of fused-ring (bicyclic) bond motifs is 1. The third kappa shape index (κ3) is 1.80. The zero-order valence-corrected chi connectivity index (χ0v) is 10.4. The summed E-state index contributed by atoms with van der Waals surface area (Å²) in [7, 11) is 0. The molecule has 86 valence electrons. The van der Waals surface area contributed by atoms with E-state index in [4.69, 9.17) is 0 Å². The van der Waals surface area contributed by atoms with Crippen LogP contribution in [0.1, 0.15) is 38.8 Å². The van der Waals surface area contributed by atoms with Crippen LogP contribution in [-0.4, -0.2) is 10.6 Å². The minimum atomic E-state index is -0.0444. The summed E-state index contributed by atoms with van der Waals surface area (Å²) in [4.78, 5) is 0. The van der Waals surface area contributed by atoms with Crippen molar-refractivity contribution in [3.8, 4) is 5.75 Å². The molecule has 2 rings (SSSR count). The molecule has 0 unspecified atom stereocenters. The van der Waals surface area contributed by atoms with Gasteiger partial charge in [-0.1, -0.05) is 13.0 Å². The molecule has 2 heteroatoms. The van der Waals surface area contributed by atoms with Gasteiger partial charge in [0.25, 0.3) is 0 Å². The predicted octanol–water partition coefficient (Wildman–Crippen LogP) is 3.56. The Morgan fingerprint density at radius 3 is 2.62 bits per heavy atom. The second kappa shape index (κ2) is 3.55. The van der Waals surface area contributed by atoms with E-state index in [0.29, 0.717) is 5.75 Å². The van der Waals surface area contributed by atoms with E-state index in [1.165, 1.54) is 11.1 Å². The van der Waals surface area contributed by atoms with E-state index in [1.807, 2.05) is 6.07 Å². The van der Waals surface area contributed by atoms with Crippen LogP contribution in [0.15, 0.2) is 18.2 Å². The highest BCUT2D eigenvalue weighted by atomic mass is 16.3. The van der Waals surface area contributed by atoms with Gasteiger partial charge in [-0.15, -0.1) is 0 Å². The van der Waals surface area contributed by atoms with Crippen molar-refractivity contribution in [2.24, 2.45) is 0 Å². The van der Waals surface area contributed by atoms with Gasteiger partial charge in [0.2, 0.25) is 0 Å². The average Bonchev–Trinajstić information content (AvgIpc) is 2.14. The predicted molar refractivity (Wildman–Crippen MR) is 68.8 cm³/mol. The molecule has 0 amide bonds. The maximum absolute atomic E-state index is 9.86. The Kier molecular flexibility index (Phi) is 2.45. The lowest BCUT2D eigenvalue weighted by Gasteiger charge is -2.31. The monoisotopic (exact) mass is 217 g/mol. The van der Waals surface area contributed by atoms with Crippen LogP contribution in [0.4, 0.5) is 5.69 Å². The Bertz CT molecular complexity index is 458. The summed E-state index contributed by atoms with van der Waals surface area (Å²) in [6, 6.07) is 3.92. The lowest BCUT2D eigenvalue weighted by atomic mass is 9.90. The Morgan fingerprint density at radius 2 is 2.00 bits per heavy atom. The molecule has 2 nitrogen and oxygen atoms in total. The van der Waals surface area contributed by atoms with Gasteiger partial charge in [-0.3, -0.25) is 0 Å². The molecule has 1 aliphatic rings. The van der Waals surface area contributed by atoms with Crippen LogP contribution in [-0.2, 0) is 6.42 Å². The average molecular weight is 217 g/mol. The smallest absolute Gasteiger partial charge is 0.120 e. The van der Waals surface area contributed by atoms with Crippen molar-refractivity contribution in [1.29, 1.82) is 0 Å². The first-order valence-corrected chi connectivity index (χ1v) is 5.77. The van der Waals surface area contributed by atoms with Gasteiger partial charge in [-0.05, 0) is 44.4 Å². The third-order valence-electron chi connectivity index (χ3n) is 3.06. The number of phenols is 1. The van der Waals surface area contributed by atoms with E-state index in [1.54, 1.807) is 0 Å². The van der Waals surface area contributed by atoms with Crippen LogP contribution in [0.3, 0.4) is 0 Å². The molecule has 0 atom stereocenters. The normalized spacial score (nSPS) is 17.4. The molecule has 0 fully saturated rings. The fourth-order valence-electron chi connectivity index (χ4n) is 2.35. The summed E-state index contributed by atoms with van der Waals surface area (Å²) in [5.41, 5.74) is 4.46. The SMILES string of the molecule is CCc1cc2c(cc1O)NC(C)(C)C=C2C. The molecular formula is C14H19NO. The van der Waals surface area contributed by atoms with E-state index in [9.17, 15) is 5.11 Å². The van der Waals surface area contributed by atoms with E-state index >= 15 is 0 Å². The van der Waals surface area contributed by atoms with Gasteiger partial charge in [0.15, 0.2) is 0 Å². The second-order valence-electron chi connectivity index (χ2n) is 5.05. The minimum absolute atomic E-state index is 0.0444. The van der Waals surface area contributed by atoms with Crippen LogP contribution in [0.5, 0.6) is 5.75 Å². The highest BCUT2D eigenvalue weighted by Gasteiger charge is 2.23. The summed E-state index contributed by atoms with van der Waals surface area (Å²) in [6.45, 7) is 8.44. The number of aromatic hydroxyl groups is 1. The highest BCUT2D eigenvalue weighted by molar-refractivity contribution is 5.81. The fourth-order valence-corrected chi connectivity index (χ4v) is 2.35. The van der Waals surface area contributed by atoms with Gasteiger partial charge in [-0.2, -0.15) is 0 Å². The van der Waals surface area contributed by atoms with Gasteiger partial charge < -0.3 is 10.4 Å². The van der Waals surface area contributed by atoms with Crippen molar-refractivity contribution in [2.45, 2.75) is 39.7 Å². The van der Waals surface area contributed by atoms with Gasteiger partial charge in [0.05, 0.1) is 5.54 Å². The summed E-state index contributed by atoms with van der Waals surface area (Å²) in [5, 5.41) is 13.3. The zero-order chi connectivity index (χ0) is 11.9. The molecule has 1 aliphatic heterocycles. The van der Waals surface area contributed by atoms with Crippen molar-refractivity contribution in [3.05, 3.63) is 29.3 Å². The molecule has 2 N–H and O–H groups in total. The molecule has 0 saturated carbocycles. The van der Waals surface area contributed by atoms with E-state index in [-0.39, 0.29) is 5.54 Å². The van der Waals surface area contributed by atoms with Gasteiger partial charge in [0.1, 0.15) is 5.75 Å². The molecule has 0 spiro atoms. The van der Waals surface area contributed by atoms with Gasteiger partial charge in [-0.25, -0.2) is 0 Å². The molecule has 1 heterocycles. The van der Waals surface area contributed by atoms with Crippen LogP contribution < -0.4 is 5.32 Å². The van der Waals surface area contributed by atoms with Gasteiger partial charge >= 0.3 is 0 Å². The first kappa shape index (κ1) is 11.1. The number of allylic oxidation sites excluding steroid dienone is 1. The molecular weight excluding hydrogens is 198 g/mol. The zero-order valence-electron chi connectivity index (χ0n) is 10.4. The number of nitrogens with one attached hydrogen (secondary N) is 1. The largest absolute Gasteiger partial charge is 0.508 e. The lowest BCUT2D eigenvalue weighted by molar-refractivity contribution is 0.469. The highest BCUT2D eigenvalue weighted by Crippen LogP contribution is 2.37. The van der Waals surface area contributed by atoms with Gasteiger partial charge in [0, 0.05) is 17.3 Å². The minimum Gasteiger partial charge on any atom is -0.508 e. The van der Waals surface area contributed by atoms with Crippen LogP contribution in [0.2, 0.25) is 0 Å². The Balaban J connectivity index is 2.58. The van der Waals surface area contributed by atoms with Crippen molar-refractivity contribution >= 4 is 11.3 Å². The molecule has 16 heavy (non-hydrogen) atoms. The van der Waals surface area contributed by atoms with Crippen LogP contribution >= 0.6 is 0 Å². The number of phenolic OH excluding ortho intramolecular Hbond substituents is 1. The lowest BCUT2D eigenvalue weighted by Crippen LogP contribution is -2.31. The van der Waals surface area contributed by atoms with E-state index < -0.39 is 0 Å². The van der Waals surface area contributed by atoms with E-state index in [0.717, 1.165) is 17.7 Å². The van der Waals surface area contributed by atoms with Crippen molar-refractivity contribution in [3.63, 3.8) is 0 Å². The topological polar surface area (TPSA) is 32.3 Å². The molecule has 0 radical (unpaired) electrons. The molecule has 0 aromatic heterocycles. The second-order valence-corrected chi connectivity index (χ2v) is 5.05. The first-order chi connectivity index (χ1) is 7.43. The molecule has 0 aliphatic carbocycles. The Hall–Kier alpha value is -1.44. The van der Waals surface area contributed by atoms with Crippen molar-refractivity contribution < 1.29 is 5.11 Å². The maximum atomic E-state index is 9.86. The summed E-state index contributed by atoms with van der Waals surface area (Å²) < 4.78 is 0. The quantitative estimate of drug-likeness (QED) is 0.753. The number of benzene rings is 1. The number of rotatable bonds is 1. The number of anilines is 1. The van der Waals surface area contributed by atoms with Crippen molar-refractivity contribution in [2.75, 3.05) is 5.32 Å². The summed E-state index contributed by atoms with van der Waals surface area (Å²) >= 11 is 0. The third-order valence-corrected chi connectivity index (χ3v) is 3.06. The van der Waals surface area contributed by atoms with Crippen LogP contribution in [0, 0.1) is 0 Å². The van der Waals surface area contributed by atoms with Crippen molar-refractivity contribution in [1.82, 2.24) is 0 Å². The fraction of sp³-hybridized carbons (Fsp3) is 0.429. The van der Waals surface area contributed by atoms with Crippen LogP contribution in [0.25, 0.3) is 5.57 Å². The number of hydrogen-bond acceptors (Lipinski definition) is 2. The molecule has 0 saturated heterocycles. The number of aryl methyl sites for hydroxylation is 1. The maximum Gasteiger partial charge on any atom is 0.120 e. The Morgan fingerprint density at radius 1 is 1.31 bits per heavy atom. The summed E-state index contributed by atoms with van der Waals surface area (Å²) in [6.07, 6.45) is 3.08. The first-order valence-electron chi connectivity index (χ1n) is 5.77. The van der Waals surface area contributed by atoms with E-state index in [2.05, 4.69) is 45.2 Å². The summed E-state index contributed by atoms with van der Waals surface area (Å²) in [5.74, 6) is 0.388. The number of hydrogen-bond donors (Lipinski definition) is 2. The Labute approximate surface area is 97.0 Å². The molecule has 1 aromatic rings.